The minimum Gasteiger partial charge on any atom is -0.494 e. The van der Waals surface area contributed by atoms with Gasteiger partial charge in [-0.25, -0.2) is 9.69 Å². The van der Waals surface area contributed by atoms with Crippen molar-refractivity contribution >= 4 is 29.2 Å². The molecule has 1 atom stereocenters. The second-order valence-electron chi connectivity index (χ2n) is 6.23. The zero-order valence-corrected chi connectivity index (χ0v) is 15.1. The van der Waals surface area contributed by atoms with Crippen LogP contribution in [0.3, 0.4) is 0 Å². The standard InChI is InChI=1S/C20H20N2O5/c1-3-27-15-8-6-14(7-9-15)22-18(23)11-17(19(22)24)21-16-10-13(20(25)26)5-4-12(16)2/h4-10,17,21H,3,11H2,1-2H3,(H,25,26). The number of aryl methyl sites for hydroxylation is 1. The Morgan fingerprint density at radius 1 is 1.22 bits per heavy atom. The number of hydrogen-bond acceptors (Lipinski definition) is 5. The van der Waals surface area contributed by atoms with Crippen LogP contribution < -0.4 is 15.0 Å². The fourth-order valence-electron chi connectivity index (χ4n) is 2.97. The molecule has 7 heteroatoms. The van der Waals surface area contributed by atoms with Crippen LogP contribution in [0, 0.1) is 6.92 Å². The summed E-state index contributed by atoms with van der Waals surface area (Å²) in [5.41, 5.74) is 1.91. The van der Waals surface area contributed by atoms with E-state index in [2.05, 4.69) is 5.32 Å². The van der Waals surface area contributed by atoms with Crippen molar-refractivity contribution in [3.8, 4) is 5.75 Å². The molecule has 1 heterocycles. The number of hydrogen-bond donors (Lipinski definition) is 2. The summed E-state index contributed by atoms with van der Waals surface area (Å²) in [5, 5.41) is 12.2. The molecule has 2 aromatic rings. The maximum Gasteiger partial charge on any atom is 0.335 e. The van der Waals surface area contributed by atoms with Crippen LogP contribution in [0.5, 0.6) is 5.75 Å². The molecule has 0 aliphatic carbocycles. The van der Waals surface area contributed by atoms with Gasteiger partial charge in [0, 0.05) is 5.69 Å². The van der Waals surface area contributed by atoms with Crippen LogP contribution in [0.2, 0.25) is 0 Å². The zero-order chi connectivity index (χ0) is 19.6. The average molecular weight is 368 g/mol. The molecule has 1 aliphatic rings. The third-order valence-corrected chi connectivity index (χ3v) is 4.37. The number of carboxylic acid groups (broad SMARTS) is 1. The van der Waals surface area contributed by atoms with Gasteiger partial charge in [-0.2, -0.15) is 0 Å². The van der Waals surface area contributed by atoms with Gasteiger partial charge in [0.2, 0.25) is 5.91 Å². The summed E-state index contributed by atoms with van der Waals surface area (Å²) in [6, 6.07) is 10.6. The Kier molecular flexibility index (Phi) is 5.12. The lowest BCUT2D eigenvalue weighted by atomic mass is 10.1. The fraction of sp³-hybridized carbons (Fsp3) is 0.250. The first-order chi connectivity index (χ1) is 12.9. The Hall–Kier alpha value is -3.35. The first kappa shape index (κ1) is 18.4. The molecule has 0 saturated carbocycles. The lowest BCUT2D eigenvalue weighted by Gasteiger charge is -2.17. The number of anilines is 2. The van der Waals surface area contributed by atoms with Gasteiger partial charge >= 0.3 is 5.97 Å². The number of imide groups is 1. The maximum atomic E-state index is 12.8. The second-order valence-corrected chi connectivity index (χ2v) is 6.23. The first-order valence-corrected chi connectivity index (χ1v) is 8.61. The third-order valence-electron chi connectivity index (χ3n) is 4.37. The number of amides is 2. The van der Waals surface area contributed by atoms with Crippen molar-refractivity contribution in [3.63, 3.8) is 0 Å². The van der Waals surface area contributed by atoms with Gasteiger partial charge in [-0.15, -0.1) is 0 Å². The summed E-state index contributed by atoms with van der Waals surface area (Å²) >= 11 is 0. The van der Waals surface area contributed by atoms with E-state index in [0.717, 1.165) is 10.5 Å². The molecule has 0 bridgehead atoms. The Balaban J connectivity index is 1.80. The summed E-state index contributed by atoms with van der Waals surface area (Å²) in [6.07, 6.45) is 0.00276. The van der Waals surface area contributed by atoms with Crippen molar-refractivity contribution in [1.82, 2.24) is 0 Å². The molecule has 0 radical (unpaired) electrons. The third kappa shape index (κ3) is 3.76. The second kappa shape index (κ2) is 7.49. The van der Waals surface area contributed by atoms with Crippen molar-refractivity contribution < 1.29 is 24.2 Å². The number of aromatic carboxylic acids is 1. The maximum absolute atomic E-state index is 12.8. The zero-order valence-electron chi connectivity index (χ0n) is 15.1. The Labute approximate surface area is 156 Å². The quantitative estimate of drug-likeness (QED) is 0.761. The summed E-state index contributed by atoms with van der Waals surface area (Å²) in [5.74, 6) is -1.07. The summed E-state index contributed by atoms with van der Waals surface area (Å²) in [7, 11) is 0. The molecule has 1 saturated heterocycles. The van der Waals surface area contributed by atoms with Gasteiger partial charge in [0.1, 0.15) is 11.8 Å². The Bertz CT molecular complexity index is 892. The Morgan fingerprint density at radius 3 is 2.56 bits per heavy atom. The minimum atomic E-state index is -1.05. The van der Waals surface area contributed by atoms with Gasteiger partial charge in [0.15, 0.2) is 0 Å². The van der Waals surface area contributed by atoms with Crippen LogP contribution in [0.25, 0.3) is 0 Å². The van der Waals surface area contributed by atoms with Gasteiger partial charge in [-0.3, -0.25) is 9.59 Å². The molecule has 3 rings (SSSR count). The van der Waals surface area contributed by atoms with Crippen LogP contribution in [-0.4, -0.2) is 35.5 Å². The number of carbonyl (C=O) groups is 3. The van der Waals surface area contributed by atoms with Crippen molar-refractivity contribution in [2.75, 3.05) is 16.8 Å². The highest BCUT2D eigenvalue weighted by atomic mass is 16.5. The van der Waals surface area contributed by atoms with E-state index in [1.165, 1.54) is 12.1 Å². The molecule has 0 spiro atoms. The van der Waals surface area contributed by atoms with Crippen molar-refractivity contribution in [2.45, 2.75) is 26.3 Å². The number of nitrogens with one attached hydrogen (secondary N) is 1. The van der Waals surface area contributed by atoms with Gasteiger partial charge in [0.25, 0.3) is 5.91 Å². The highest BCUT2D eigenvalue weighted by molar-refractivity contribution is 6.23. The molecule has 140 valence electrons. The van der Waals surface area contributed by atoms with Crippen molar-refractivity contribution in [3.05, 3.63) is 53.6 Å². The number of carbonyl (C=O) groups excluding carboxylic acids is 2. The molecule has 27 heavy (non-hydrogen) atoms. The van der Waals surface area contributed by atoms with E-state index >= 15 is 0 Å². The van der Waals surface area contributed by atoms with Crippen LogP contribution in [0.4, 0.5) is 11.4 Å². The molecule has 1 aliphatic heterocycles. The molecular weight excluding hydrogens is 348 g/mol. The van der Waals surface area contributed by atoms with E-state index in [1.807, 2.05) is 6.92 Å². The highest BCUT2D eigenvalue weighted by Crippen LogP contribution is 2.28. The van der Waals surface area contributed by atoms with Gasteiger partial charge < -0.3 is 15.2 Å². The number of benzene rings is 2. The van der Waals surface area contributed by atoms with Crippen LogP contribution >= 0.6 is 0 Å². The number of carboxylic acids is 1. The van der Waals surface area contributed by atoms with E-state index in [9.17, 15) is 14.4 Å². The SMILES string of the molecule is CCOc1ccc(N2C(=O)CC(Nc3cc(C(=O)O)ccc3C)C2=O)cc1. The predicted molar refractivity (Wildman–Crippen MR) is 100 cm³/mol. The normalized spacial score (nSPS) is 16.5. The number of ether oxygens (including phenoxy) is 1. The van der Waals surface area contributed by atoms with Crippen LogP contribution in [-0.2, 0) is 9.59 Å². The average Bonchev–Trinajstić information content (AvgIpc) is 2.91. The smallest absolute Gasteiger partial charge is 0.335 e. The molecule has 1 fully saturated rings. The largest absolute Gasteiger partial charge is 0.494 e. The van der Waals surface area contributed by atoms with E-state index in [-0.39, 0.29) is 23.8 Å². The molecule has 7 nitrogen and oxygen atoms in total. The van der Waals surface area contributed by atoms with Crippen molar-refractivity contribution in [2.24, 2.45) is 0 Å². The molecule has 0 aromatic heterocycles. The van der Waals surface area contributed by atoms with E-state index in [4.69, 9.17) is 9.84 Å². The molecule has 2 amide bonds. The number of rotatable bonds is 6. The van der Waals surface area contributed by atoms with E-state index in [0.29, 0.717) is 23.7 Å². The molecule has 2 N–H and O–H groups in total. The van der Waals surface area contributed by atoms with Crippen LogP contribution in [0.1, 0.15) is 29.3 Å². The molecule has 1 unspecified atom stereocenters. The molecule has 2 aromatic carbocycles. The summed E-state index contributed by atoms with van der Waals surface area (Å²) in [4.78, 5) is 37.5. The van der Waals surface area contributed by atoms with E-state index in [1.54, 1.807) is 37.3 Å². The lowest BCUT2D eigenvalue weighted by Crippen LogP contribution is -2.34. The molecular formula is C20H20N2O5. The highest BCUT2D eigenvalue weighted by Gasteiger charge is 2.39. The lowest BCUT2D eigenvalue weighted by molar-refractivity contribution is -0.121. The van der Waals surface area contributed by atoms with Gasteiger partial charge in [-0.1, -0.05) is 6.07 Å². The van der Waals surface area contributed by atoms with Crippen LogP contribution in [0.15, 0.2) is 42.5 Å². The Morgan fingerprint density at radius 2 is 1.93 bits per heavy atom. The van der Waals surface area contributed by atoms with E-state index < -0.39 is 12.0 Å². The number of nitrogens with zero attached hydrogens (tertiary/aromatic N) is 1. The monoisotopic (exact) mass is 368 g/mol. The summed E-state index contributed by atoms with van der Waals surface area (Å²) < 4.78 is 5.37. The van der Waals surface area contributed by atoms with Crippen molar-refractivity contribution in [1.29, 1.82) is 0 Å². The van der Waals surface area contributed by atoms with Gasteiger partial charge in [-0.05, 0) is 55.8 Å². The summed E-state index contributed by atoms with van der Waals surface area (Å²) in [6.45, 7) is 4.21. The first-order valence-electron chi connectivity index (χ1n) is 8.61. The van der Waals surface area contributed by atoms with Gasteiger partial charge in [0.05, 0.1) is 24.3 Å². The fourth-order valence-corrected chi connectivity index (χ4v) is 2.97. The topological polar surface area (TPSA) is 95.9 Å². The minimum absolute atomic E-state index is 0.00276. The predicted octanol–water partition coefficient (Wildman–Crippen LogP) is 2.84.